The molecule has 1 aromatic heterocycles. The number of hydrogen-bond acceptors (Lipinski definition) is 5. The molecule has 0 bridgehead atoms. The first-order valence-corrected chi connectivity index (χ1v) is 8.41. The molecule has 0 fully saturated rings. The van der Waals surface area contributed by atoms with Crippen LogP contribution < -0.4 is 0 Å². The van der Waals surface area contributed by atoms with Crippen LogP contribution in [0.1, 0.15) is 40.3 Å². The molecule has 0 saturated carbocycles. The Balaban J connectivity index is 1.99. The van der Waals surface area contributed by atoms with E-state index in [2.05, 4.69) is 22.2 Å². The summed E-state index contributed by atoms with van der Waals surface area (Å²) in [7, 11) is 0. The molecule has 0 aliphatic heterocycles. The molecule has 25 heavy (non-hydrogen) atoms. The zero-order valence-electron chi connectivity index (χ0n) is 13.7. The molecule has 0 aliphatic carbocycles. The summed E-state index contributed by atoms with van der Waals surface area (Å²) in [5.74, 6) is 0.0119. The summed E-state index contributed by atoms with van der Waals surface area (Å²) in [5, 5.41) is 22.7. The molecule has 2 atom stereocenters. The average molecular weight is 350 g/mol. The third kappa shape index (κ3) is 4.01. The maximum atomic E-state index is 9.47. The van der Waals surface area contributed by atoms with Crippen molar-refractivity contribution in [1.82, 2.24) is 14.8 Å². The van der Waals surface area contributed by atoms with Crippen LogP contribution in [-0.2, 0) is 6.54 Å². The van der Waals surface area contributed by atoms with Gasteiger partial charge in [0.05, 0.1) is 23.8 Å². The Kier molecular flexibility index (Phi) is 5.05. The standard InChI is InChI=1S/C19H18N4OS/c1-13(9-20)16-6-14(10-23-12-21-11-22-23)7-17(8-16)19(25)15-2-4-18(24)5-3-15/h2-8,11-13,19,24-25H,10H2,1H3. The van der Waals surface area contributed by atoms with Crippen LogP contribution >= 0.6 is 12.6 Å². The minimum absolute atomic E-state index is 0.152. The van der Waals surface area contributed by atoms with Crippen molar-refractivity contribution in [2.24, 2.45) is 0 Å². The Hall–Kier alpha value is -2.78. The quantitative estimate of drug-likeness (QED) is 0.688. The summed E-state index contributed by atoms with van der Waals surface area (Å²) < 4.78 is 1.74. The van der Waals surface area contributed by atoms with E-state index < -0.39 is 0 Å². The SMILES string of the molecule is CC(C#N)c1cc(Cn2cncn2)cc(C(S)c2ccc(O)cc2)c1. The summed E-state index contributed by atoms with van der Waals surface area (Å²) in [6, 6.07) is 15.4. The summed E-state index contributed by atoms with van der Waals surface area (Å²) in [5.41, 5.74) is 3.98. The number of nitriles is 1. The van der Waals surface area contributed by atoms with E-state index in [1.807, 2.05) is 31.2 Å². The first-order chi connectivity index (χ1) is 12.1. The van der Waals surface area contributed by atoms with Crippen molar-refractivity contribution in [3.05, 3.63) is 77.4 Å². The van der Waals surface area contributed by atoms with E-state index in [0.717, 1.165) is 22.3 Å². The summed E-state index contributed by atoms with van der Waals surface area (Å²) >= 11 is 4.75. The fourth-order valence-corrected chi connectivity index (χ4v) is 2.99. The van der Waals surface area contributed by atoms with Gasteiger partial charge in [-0.05, 0) is 41.3 Å². The van der Waals surface area contributed by atoms with Crippen LogP contribution in [0, 0.1) is 11.3 Å². The lowest BCUT2D eigenvalue weighted by atomic mass is 9.94. The van der Waals surface area contributed by atoms with Crippen molar-refractivity contribution in [3.63, 3.8) is 0 Å². The molecular formula is C19H18N4OS. The summed E-state index contributed by atoms with van der Waals surface area (Å²) in [4.78, 5) is 3.97. The van der Waals surface area contributed by atoms with E-state index in [-0.39, 0.29) is 16.9 Å². The predicted octanol–water partition coefficient (Wildman–Crippen LogP) is 3.68. The number of hydrogen-bond donors (Lipinski definition) is 2. The minimum atomic E-state index is -0.213. The number of thiol groups is 1. The first-order valence-electron chi connectivity index (χ1n) is 7.89. The van der Waals surface area contributed by atoms with Crippen molar-refractivity contribution in [1.29, 1.82) is 5.26 Å². The van der Waals surface area contributed by atoms with Gasteiger partial charge >= 0.3 is 0 Å². The molecule has 1 heterocycles. The molecule has 0 radical (unpaired) electrons. The van der Waals surface area contributed by atoms with Crippen molar-refractivity contribution in [2.45, 2.75) is 24.6 Å². The summed E-state index contributed by atoms with van der Waals surface area (Å²) in [6.07, 6.45) is 3.17. The smallest absolute Gasteiger partial charge is 0.137 e. The van der Waals surface area contributed by atoms with Gasteiger partial charge in [0.1, 0.15) is 18.4 Å². The van der Waals surface area contributed by atoms with Crippen molar-refractivity contribution in [2.75, 3.05) is 0 Å². The third-order valence-corrected chi connectivity index (χ3v) is 4.66. The normalized spacial score (nSPS) is 13.2. The Labute approximate surface area is 152 Å². The first kappa shape index (κ1) is 17.1. The van der Waals surface area contributed by atoms with Crippen LogP contribution in [0.2, 0.25) is 0 Å². The van der Waals surface area contributed by atoms with E-state index in [0.29, 0.717) is 6.54 Å². The van der Waals surface area contributed by atoms with Gasteiger partial charge in [-0.15, -0.1) is 0 Å². The average Bonchev–Trinajstić information content (AvgIpc) is 3.13. The third-order valence-electron chi connectivity index (χ3n) is 4.07. The fourth-order valence-electron chi connectivity index (χ4n) is 2.67. The van der Waals surface area contributed by atoms with Gasteiger partial charge in [-0.1, -0.05) is 30.3 Å². The van der Waals surface area contributed by atoms with Gasteiger partial charge in [-0.2, -0.15) is 23.0 Å². The number of nitrogens with zero attached hydrogens (tertiary/aromatic N) is 4. The molecule has 0 saturated heterocycles. The van der Waals surface area contributed by atoms with E-state index in [1.165, 1.54) is 6.33 Å². The van der Waals surface area contributed by atoms with Gasteiger partial charge < -0.3 is 5.11 Å². The highest BCUT2D eigenvalue weighted by Crippen LogP contribution is 2.32. The van der Waals surface area contributed by atoms with E-state index in [4.69, 9.17) is 12.6 Å². The molecular weight excluding hydrogens is 332 g/mol. The molecule has 0 spiro atoms. The van der Waals surface area contributed by atoms with Crippen molar-refractivity contribution in [3.8, 4) is 11.8 Å². The van der Waals surface area contributed by atoms with Gasteiger partial charge in [0, 0.05) is 0 Å². The van der Waals surface area contributed by atoms with Crippen LogP contribution in [0.25, 0.3) is 0 Å². The fraction of sp³-hybridized carbons (Fsp3) is 0.211. The van der Waals surface area contributed by atoms with Gasteiger partial charge in [-0.3, -0.25) is 0 Å². The molecule has 3 rings (SSSR count). The lowest BCUT2D eigenvalue weighted by molar-refractivity contribution is 0.475. The predicted molar refractivity (Wildman–Crippen MR) is 98.5 cm³/mol. The lowest BCUT2D eigenvalue weighted by Gasteiger charge is -2.16. The Bertz CT molecular complexity index is 885. The number of rotatable bonds is 5. The zero-order chi connectivity index (χ0) is 17.8. The Morgan fingerprint density at radius 2 is 1.88 bits per heavy atom. The molecule has 0 amide bonds. The minimum Gasteiger partial charge on any atom is -0.508 e. The van der Waals surface area contributed by atoms with Crippen LogP contribution in [0.3, 0.4) is 0 Å². The number of aromatic hydroxyl groups is 1. The lowest BCUT2D eigenvalue weighted by Crippen LogP contribution is -2.04. The highest BCUT2D eigenvalue weighted by Gasteiger charge is 2.14. The van der Waals surface area contributed by atoms with Gasteiger partial charge in [-0.25, -0.2) is 9.67 Å². The molecule has 1 N–H and O–H groups in total. The van der Waals surface area contributed by atoms with E-state index >= 15 is 0 Å². The highest BCUT2D eigenvalue weighted by atomic mass is 32.1. The van der Waals surface area contributed by atoms with Gasteiger partial charge in [0.2, 0.25) is 0 Å². The van der Waals surface area contributed by atoms with Crippen LogP contribution in [0.4, 0.5) is 0 Å². The van der Waals surface area contributed by atoms with Gasteiger partial charge in [0.25, 0.3) is 0 Å². The van der Waals surface area contributed by atoms with Crippen LogP contribution in [0.5, 0.6) is 5.75 Å². The second kappa shape index (κ2) is 7.41. The highest BCUT2D eigenvalue weighted by molar-refractivity contribution is 7.80. The largest absolute Gasteiger partial charge is 0.508 e. The van der Waals surface area contributed by atoms with Gasteiger partial charge in [0.15, 0.2) is 0 Å². The summed E-state index contributed by atoms with van der Waals surface area (Å²) in [6.45, 7) is 2.46. The molecule has 0 aliphatic rings. The number of benzene rings is 2. The maximum absolute atomic E-state index is 9.47. The molecule has 2 aromatic carbocycles. The Morgan fingerprint density at radius 1 is 1.16 bits per heavy atom. The molecule has 3 aromatic rings. The van der Waals surface area contributed by atoms with E-state index in [9.17, 15) is 10.4 Å². The second-order valence-electron chi connectivity index (χ2n) is 5.95. The second-order valence-corrected chi connectivity index (χ2v) is 6.46. The zero-order valence-corrected chi connectivity index (χ0v) is 14.6. The topological polar surface area (TPSA) is 74.7 Å². The molecule has 2 unspecified atom stereocenters. The monoisotopic (exact) mass is 350 g/mol. The Morgan fingerprint density at radius 3 is 2.52 bits per heavy atom. The van der Waals surface area contributed by atoms with Crippen LogP contribution in [0.15, 0.2) is 55.1 Å². The van der Waals surface area contributed by atoms with Crippen molar-refractivity contribution < 1.29 is 5.11 Å². The van der Waals surface area contributed by atoms with Crippen LogP contribution in [-0.4, -0.2) is 19.9 Å². The molecule has 6 heteroatoms. The molecule has 5 nitrogen and oxygen atoms in total. The van der Waals surface area contributed by atoms with E-state index in [1.54, 1.807) is 23.1 Å². The number of phenols is 1. The number of phenolic OH excluding ortho intramolecular Hbond substituents is 1. The van der Waals surface area contributed by atoms with Crippen molar-refractivity contribution >= 4 is 12.6 Å². The molecule has 126 valence electrons. The maximum Gasteiger partial charge on any atom is 0.137 e. The number of aromatic nitrogens is 3.